The molecular formula is C11H7Cl. The van der Waals surface area contributed by atoms with Gasteiger partial charge < -0.3 is 0 Å². The number of hydrogen-bond donors (Lipinski definition) is 0. The molecule has 0 aromatic heterocycles. The van der Waals surface area contributed by atoms with Crippen LogP contribution in [0.25, 0.3) is 0 Å². The van der Waals surface area contributed by atoms with Crippen molar-refractivity contribution in [2.45, 2.75) is 0 Å². The van der Waals surface area contributed by atoms with Crippen LogP contribution in [0.15, 0.2) is 35.9 Å². The van der Waals surface area contributed by atoms with Gasteiger partial charge in [0, 0.05) is 11.6 Å². The zero-order valence-electron chi connectivity index (χ0n) is 6.42. The number of halogens is 1. The first-order valence-corrected chi connectivity index (χ1v) is 3.98. The van der Waals surface area contributed by atoms with Crippen LogP contribution < -0.4 is 0 Å². The van der Waals surface area contributed by atoms with Crippen molar-refractivity contribution < 1.29 is 0 Å². The maximum Gasteiger partial charge on any atom is 0.0579 e. The fourth-order valence-corrected chi connectivity index (χ4v) is 0.820. The molecule has 0 saturated carbocycles. The van der Waals surface area contributed by atoms with Crippen molar-refractivity contribution in [3.8, 4) is 23.7 Å². The molecule has 0 amide bonds. The highest BCUT2D eigenvalue weighted by Gasteiger charge is 1.95. The fourth-order valence-electron chi connectivity index (χ4n) is 0.757. The second-order valence-corrected chi connectivity index (χ2v) is 2.38. The average Bonchev–Trinajstić information content (AvgIpc) is 2.57. The van der Waals surface area contributed by atoms with E-state index in [2.05, 4.69) is 23.7 Å². The van der Waals surface area contributed by atoms with Gasteiger partial charge in [-0.15, -0.1) is 0 Å². The maximum atomic E-state index is 5.25. The molecule has 1 aliphatic rings. The first-order chi connectivity index (χ1) is 5.93. The van der Waals surface area contributed by atoms with Crippen LogP contribution in [0.2, 0.25) is 0 Å². The normalized spacial score (nSPS) is 14.1. The lowest BCUT2D eigenvalue weighted by Gasteiger charge is -1.85. The van der Waals surface area contributed by atoms with Crippen molar-refractivity contribution in [3.05, 3.63) is 35.9 Å². The molecule has 0 bridgehead atoms. The second-order valence-electron chi connectivity index (χ2n) is 2.13. The highest BCUT2D eigenvalue weighted by molar-refractivity contribution is 6.25. The fraction of sp³-hybridized carbons (Fsp3) is 0.0909. The Morgan fingerprint density at radius 1 is 1.17 bits per heavy atom. The zero-order chi connectivity index (χ0) is 8.65. The Kier molecular flexibility index (Phi) is 3.86. The van der Waals surface area contributed by atoms with Crippen LogP contribution in [-0.4, -0.2) is 0 Å². The molecule has 0 nitrogen and oxygen atoms in total. The third kappa shape index (κ3) is 3.15. The molecular weight excluding hydrogens is 168 g/mol. The third-order valence-electron chi connectivity index (χ3n) is 1.27. The molecule has 1 heteroatoms. The highest BCUT2D eigenvalue weighted by atomic mass is 35.5. The molecule has 0 atom stereocenters. The van der Waals surface area contributed by atoms with E-state index in [0.29, 0.717) is 0 Å². The smallest absolute Gasteiger partial charge is 0.0579 e. The summed E-state index contributed by atoms with van der Waals surface area (Å²) in [5.74, 6) is 11.3. The molecule has 0 N–H and O–H groups in total. The summed E-state index contributed by atoms with van der Waals surface area (Å²) in [4.78, 5) is 0. The zero-order valence-corrected chi connectivity index (χ0v) is 7.18. The number of hydrogen-bond acceptors (Lipinski definition) is 0. The molecule has 1 rings (SSSR count). The van der Waals surface area contributed by atoms with Crippen molar-refractivity contribution in [1.82, 2.24) is 0 Å². The van der Waals surface area contributed by atoms with Gasteiger partial charge in [0.1, 0.15) is 0 Å². The Bertz CT molecular complexity index is 325. The van der Waals surface area contributed by atoms with Gasteiger partial charge in [-0.25, -0.2) is 0 Å². The predicted octanol–water partition coefficient (Wildman–Crippen LogP) is 2.49. The molecule has 0 aromatic rings. The van der Waals surface area contributed by atoms with Gasteiger partial charge in [0.25, 0.3) is 0 Å². The molecule has 0 fully saturated rings. The van der Waals surface area contributed by atoms with Crippen LogP contribution in [0.1, 0.15) is 0 Å². The lowest BCUT2D eigenvalue weighted by Crippen LogP contribution is -1.79. The Hall–Kier alpha value is -1.37. The molecule has 1 aliphatic carbocycles. The van der Waals surface area contributed by atoms with E-state index in [4.69, 9.17) is 11.6 Å². The summed E-state index contributed by atoms with van der Waals surface area (Å²) in [6, 6.07) is 0. The lowest BCUT2D eigenvalue weighted by molar-refractivity contribution is 1.15. The number of rotatable bonds is 0. The summed E-state index contributed by atoms with van der Waals surface area (Å²) in [5, 5.41) is 0. The summed E-state index contributed by atoms with van der Waals surface area (Å²) >= 11 is 5.25. The van der Waals surface area contributed by atoms with E-state index in [1.54, 1.807) is 6.08 Å². The minimum absolute atomic E-state index is 0.235. The van der Waals surface area contributed by atoms with Gasteiger partial charge >= 0.3 is 0 Å². The van der Waals surface area contributed by atoms with Gasteiger partial charge in [0.05, 0.1) is 5.92 Å². The van der Waals surface area contributed by atoms with Gasteiger partial charge in [-0.1, -0.05) is 47.7 Å². The van der Waals surface area contributed by atoms with Crippen LogP contribution in [0.5, 0.6) is 0 Å². The van der Waals surface area contributed by atoms with E-state index in [-0.39, 0.29) is 5.92 Å². The standard InChI is InChI=1S/C11H7Cl/c12-10-6-2-1-3-7-11-8-4-5-9-11/h4-6,8-11H/b10-6+. The highest BCUT2D eigenvalue weighted by Crippen LogP contribution is 2.05. The van der Waals surface area contributed by atoms with Crippen LogP contribution >= 0.6 is 11.6 Å². The van der Waals surface area contributed by atoms with Crippen LogP contribution in [-0.2, 0) is 0 Å². The summed E-state index contributed by atoms with van der Waals surface area (Å²) in [7, 11) is 0. The Balaban J connectivity index is 2.45. The van der Waals surface area contributed by atoms with E-state index in [9.17, 15) is 0 Å². The number of allylic oxidation sites excluding steroid dienone is 5. The Morgan fingerprint density at radius 3 is 2.58 bits per heavy atom. The Morgan fingerprint density at radius 2 is 1.92 bits per heavy atom. The van der Waals surface area contributed by atoms with E-state index < -0.39 is 0 Å². The quantitative estimate of drug-likeness (QED) is 0.495. The lowest BCUT2D eigenvalue weighted by atomic mass is 10.2. The molecule has 58 valence electrons. The topological polar surface area (TPSA) is 0 Å². The Labute approximate surface area is 77.6 Å². The van der Waals surface area contributed by atoms with Gasteiger partial charge in [-0.05, 0) is 11.8 Å². The SMILES string of the molecule is Cl/C=C/C#CC#CC1C=CC=C1. The predicted molar refractivity (Wildman–Crippen MR) is 52.3 cm³/mol. The largest absolute Gasteiger partial charge is 0.0923 e. The summed E-state index contributed by atoms with van der Waals surface area (Å²) in [6.07, 6.45) is 9.55. The van der Waals surface area contributed by atoms with E-state index in [1.165, 1.54) is 5.54 Å². The molecule has 0 heterocycles. The summed E-state index contributed by atoms with van der Waals surface area (Å²) < 4.78 is 0. The molecule has 0 unspecified atom stereocenters. The molecule has 12 heavy (non-hydrogen) atoms. The van der Waals surface area contributed by atoms with Crippen LogP contribution in [0.4, 0.5) is 0 Å². The summed E-state index contributed by atoms with van der Waals surface area (Å²) in [5.41, 5.74) is 1.37. The van der Waals surface area contributed by atoms with Gasteiger partial charge in [-0.3, -0.25) is 0 Å². The minimum Gasteiger partial charge on any atom is -0.0923 e. The minimum atomic E-state index is 0.235. The maximum absolute atomic E-state index is 5.25. The molecule has 0 aromatic carbocycles. The van der Waals surface area contributed by atoms with Crippen LogP contribution in [0.3, 0.4) is 0 Å². The molecule has 0 aliphatic heterocycles. The third-order valence-corrected chi connectivity index (χ3v) is 1.39. The molecule has 0 radical (unpaired) electrons. The van der Waals surface area contributed by atoms with Gasteiger partial charge in [0.2, 0.25) is 0 Å². The molecule has 0 saturated heterocycles. The van der Waals surface area contributed by atoms with Crippen molar-refractivity contribution >= 4 is 11.6 Å². The van der Waals surface area contributed by atoms with Gasteiger partial charge in [0.15, 0.2) is 0 Å². The average molecular weight is 175 g/mol. The second kappa shape index (κ2) is 5.30. The van der Waals surface area contributed by atoms with Crippen LogP contribution in [0, 0.1) is 29.6 Å². The van der Waals surface area contributed by atoms with Crippen molar-refractivity contribution in [3.63, 3.8) is 0 Å². The molecule has 0 spiro atoms. The van der Waals surface area contributed by atoms with Gasteiger partial charge in [-0.2, -0.15) is 0 Å². The van der Waals surface area contributed by atoms with E-state index in [1.807, 2.05) is 24.3 Å². The summed E-state index contributed by atoms with van der Waals surface area (Å²) in [6.45, 7) is 0. The van der Waals surface area contributed by atoms with Crippen molar-refractivity contribution in [1.29, 1.82) is 0 Å². The van der Waals surface area contributed by atoms with Crippen molar-refractivity contribution in [2.75, 3.05) is 0 Å². The first-order valence-electron chi connectivity index (χ1n) is 3.55. The van der Waals surface area contributed by atoms with E-state index >= 15 is 0 Å². The van der Waals surface area contributed by atoms with Crippen molar-refractivity contribution in [2.24, 2.45) is 5.92 Å². The first kappa shape index (κ1) is 8.72. The monoisotopic (exact) mass is 174 g/mol. The van der Waals surface area contributed by atoms with E-state index in [0.717, 1.165) is 0 Å².